The number of carbonyl (C=O) groups is 6. The Kier molecular flexibility index (Phi) is 15.5. The molecule has 0 aliphatic carbocycles. The monoisotopic (exact) mass is 748 g/mol. The fraction of sp³-hybridized carbons (Fsp3) is 0.368. The molecule has 11 N–H and O–H groups in total. The third-order valence-corrected chi connectivity index (χ3v) is 8.32. The summed E-state index contributed by atoms with van der Waals surface area (Å²) < 4.78 is 0. The first-order valence-electron chi connectivity index (χ1n) is 17.3. The molecule has 290 valence electrons. The lowest BCUT2D eigenvalue weighted by molar-refractivity contribution is -0.134. The maximum absolute atomic E-state index is 13.8. The number of carboxylic acids is 1. The van der Waals surface area contributed by atoms with Gasteiger partial charge in [0, 0.05) is 12.2 Å². The molecule has 0 aliphatic rings. The molecule has 0 saturated heterocycles. The zero-order chi connectivity index (χ0) is 40.1. The zero-order valence-electron chi connectivity index (χ0n) is 30.4. The summed E-state index contributed by atoms with van der Waals surface area (Å²) in [5, 5.41) is 53.0. The zero-order valence-corrected chi connectivity index (χ0v) is 30.4. The van der Waals surface area contributed by atoms with Gasteiger partial charge in [0.1, 0.15) is 18.1 Å². The van der Waals surface area contributed by atoms with Gasteiger partial charge in [-0.3, -0.25) is 24.0 Å². The molecule has 0 saturated carbocycles. The lowest BCUT2D eigenvalue weighted by atomic mass is 9.97. The Morgan fingerprint density at radius 1 is 0.759 bits per heavy atom. The highest BCUT2D eigenvalue weighted by Crippen LogP contribution is 2.28. The molecular formula is C38H48N6O10. The van der Waals surface area contributed by atoms with Gasteiger partial charge in [0.2, 0.25) is 17.7 Å². The van der Waals surface area contributed by atoms with Crippen LogP contribution in [0.4, 0.5) is 5.69 Å². The first-order chi connectivity index (χ1) is 25.5. The minimum atomic E-state index is -1.81. The standard InChI is InChI=1S/C38H48N6O10/c1-20(2)16-28(43-36(51)30(21(3)4)44-34(49)26(39)19-40-33(48)25-14-9-15-29(45)31(25)46)35(50)42-27(17-22-10-6-5-7-11-22)32(47)37(52)41-24-13-8-12-23(18-24)38(53)54/h5-15,18,20-21,26-28,30,32,45-47H,16-17,19,39H2,1-4H3,(H,40,48)(H,41,52)(H,42,50)(H,43,51)(H,44,49)(H,53,54)/t26-,27-,28-,30-,32+/m0/s1. The molecule has 3 aromatic carbocycles. The molecule has 3 rings (SSSR count). The van der Waals surface area contributed by atoms with Crippen LogP contribution in [0.2, 0.25) is 0 Å². The molecule has 0 heterocycles. The molecule has 5 atom stereocenters. The molecule has 0 aromatic heterocycles. The van der Waals surface area contributed by atoms with Crippen LogP contribution in [0, 0.1) is 11.8 Å². The molecule has 0 unspecified atom stereocenters. The number of hydrogen-bond donors (Lipinski definition) is 10. The minimum absolute atomic E-state index is 0.0167. The van der Waals surface area contributed by atoms with E-state index in [1.165, 1.54) is 42.5 Å². The lowest BCUT2D eigenvalue weighted by Gasteiger charge is -2.29. The van der Waals surface area contributed by atoms with Crippen molar-refractivity contribution in [2.75, 3.05) is 11.9 Å². The molecular weight excluding hydrogens is 700 g/mol. The predicted molar refractivity (Wildman–Crippen MR) is 198 cm³/mol. The van der Waals surface area contributed by atoms with Crippen molar-refractivity contribution in [3.8, 4) is 11.5 Å². The molecule has 0 fully saturated rings. The number of phenols is 2. The highest BCUT2D eigenvalue weighted by molar-refractivity contribution is 5.99. The van der Waals surface area contributed by atoms with Crippen molar-refractivity contribution in [1.29, 1.82) is 0 Å². The second kappa shape index (κ2) is 19.7. The quantitative estimate of drug-likeness (QED) is 0.0828. The fourth-order valence-electron chi connectivity index (χ4n) is 5.39. The van der Waals surface area contributed by atoms with Crippen molar-refractivity contribution in [2.24, 2.45) is 17.6 Å². The smallest absolute Gasteiger partial charge is 0.335 e. The number of aliphatic hydroxyl groups is 1. The molecule has 54 heavy (non-hydrogen) atoms. The van der Waals surface area contributed by atoms with E-state index in [0.29, 0.717) is 5.56 Å². The Hall–Kier alpha value is -6.00. The number of nitrogens with one attached hydrogen (secondary N) is 5. The number of nitrogens with two attached hydrogens (primary N) is 1. The highest BCUT2D eigenvalue weighted by Gasteiger charge is 2.34. The molecule has 0 bridgehead atoms. The van der Waals surface area contributed by atoms with Crippen molar-refractivity contribution in [3.63, 3.8) is 0 Å². The summed E-state index contributed by atoms with van der Waals surface area (Å²) in [4.78, 5) is 77.6. The fourth-order valence-corrected chi connectivity index (χ4v) is 5.39. The Labute approximate surface area is 312 Å². The molecule has 16 nitrogen and oxygen atoms in total. The largest absolute Gasteiger partial charge is 0.504 e. The van der Waals surface area contributed by atoms with Crippen molar-refractivity contribution in [2.45, 2.75) is 70.8 Å². The maximum Gasteiger partial charge on any atom is 0.335 e. The van der Waals surface area contributed by atoms with Crippen LogP contribution in [0.3, 0.4) is 0 Å². The molecule has 16 heteroatoms. The molecule has 0 aliphatic heterocycles. The number of aromatic hydroxyl groups is 2. The normalized spacial score (nSPS) is 13.9. The molecule has 5 amide bonds. The van der Waals surface area contributed by atoms with Crippen molar-refractivity contribution in [1.82, 2.24) is 21.3 Å². The number of para-hydroxylation sites is 1. The van der Waals surface area contributed by atoms with Gasteiger partial charge in [0.05, 0.1) is 17.2 Å². The topological polar surface area (TPSA) is 270 Å². The van der Waals surface area contributed by atoms with Crippen LogP contribution in [0.25, 0.3) is 0 Å². The number of aromatic carboxylic acids is 1. The van der Waals surface area contributed by atoms with Crippen LogP contribution in [0.5, 0.6) is 11.5 Å². The van der Waals surface area contributed by atoms with Gasteiger partial charge in [-0.05, 0) is 60.6 Å². The summed E-state index contributed by atoms with van der Waals surface area (Å²) in [5.74, 6) is -6.87. The van der Waals surface area contributed by atoms with Gasteiger partial charge < -0.3 is 52.7 Å². The minimum Gasteiger partial charge on any atom is -0.504 e. The number of phenolic OH excluding ortho intramolecular Hbond substituents is 2. The third-order valence-electron chi connectivity index (χ3n) is 8.32. The number of anilines is 1. The highest BCUT2D eigenvalue weighted by atomic mass is 16.4. The number of amides is 5. The summed E-state index contributed by atoms with van der Waals surface area (Å²) >= 11 is 0. The second-order valence-corrected chi connectivity index (χ2v) is 13.5. The van der Waals surface area contributed by atoms with Crippen LogP contribution in [-0.4, -0.2) is 92.7 Å². The van der Waals surface area contributed by atoms with Crippen LogP contribution in [-0.2, 0) is 25.6 Å². The van der Waals surface area contributed by atoms with Gasteiger partial charge in [-0.1, -0.05) is 70.2 Å². The first-order valence-corrected chi connectivity index (χ1v) is 17.3. The van der Waals surface area contributed by atoms with E-state index in [1.807, 2.05) is 13.8 Å². The lowest BCUT2D eigenvalue weighted by Crippen LogP contribution is -2.60. The Morgan fingerprint density at radius 2 is 1.43 bits per heavy atom. The second-order valence-electron chi connectivity index (χ2n) is 13.5. The van der Waals surface area contributed by atoms with E-state index in [4.69, 9.17) is 5.73 Å². The van der Waals surface area contributed by atoms with Gasteiger partial charge >= 0.3 is 5.97 Å². The van der Waals surface area contributed by atoms with Gasteiger partial charge in [0.25, 0.3) is 11.8 Å². The van der Waals surface area contributed by atoms with E-state index in [9.17, 15) is 49.2 Å². The van der Waals surface area contributed by atoms with Gasteiger partial charge in [-0.15, -0.1) is 0 Å². The summed E-state index contributed by atoms with van der Waals surface area (Å²) in [7, 11) is 0. The van der Waals surface area contributed by atoms with Gasteiger partial charge in [-0.25, -0.2) is 4.79 Å². The van der Waals surface area contributed by atoms with E-state index >= 15 is 0 Å². The maximum atomic E-state index is 13.8. The van der Waals surface area contributed by atoms with Crippen molar-refractivity contribution < 1.29 is 49.2 Å². The van der Waals surface area contributed by atoms with Gasteiger partial charge in [-0.2, -0.15) is 0 Å². The average Bonchev–Trinajstić information content (AvgIpc) is 3.12. The summed E-state index contributed by atoms with van der Waals surface area (Å²) in [6, 6.07) is 13.2. The van der Waals surface area contributed by atoms with Crippen LogP contribution >= 0.6 is 0 Å². The number of hydrogen-bond acceptors (Lipinski definition) is 10. The molecule has 3 aromatic rings. The predicted octanol–water partition coefficient (Wildman–Crippen LogP) is 1.25. The van der Waals surface area contributed by atoms with E-state index in [0.717, 1.165) is 0 Å². The van der Waals surface area contributed by atoms with Crippen LogP contribution < -0.4 is 32.3 Å². The summed E-state index contributed by atoms with van der Waals surface area (Å²) in [6.45, 7) is 6.60. The van der Waals surface area contributed by atoms with E-state index in [1.54, 1.807) is 44.2 Å². The Balaban J connectivity index is 1.74. The SMILES string of the molecule is CC(C)C[C@H](NC(=O)[C@@H](NC(=O)[C@@H](N)CNC(=O)c1cccc(O)c1O)C(C)C)C(=O)N[C@@H](Cc1ccccc1)[C@@H](O)C(=O)Nc1cccc(C(=O)O)c1. The van der Waals surface area contributed by atoms with E-state index in [-0.39, 0.29) is 42.1 Å². The van der Waals surface area contributed by atoms with E-state index in [2.05, 4.69) is 26.6 Å². The van der Waals surface area contributed by atoms with E-state index < -0.39 is 83.2 Å². The molecule has 0 radical (unpaired) electrons. The average molecular weight is 749 g/mol. The summed E-state index contributed by atoms with van der Waals surface area (Å²) in [6.07, 6.45) is -1.64. The summed E-state index contributed by atoms with van der Waals surface area (Å²) in [5.41, 5.74) is 6.48. The van der Waals surface area contributed by atoms with Crippen LogP contribution in [0.1, 0.15) is 60.4 Å². The first kappa shape index (κ1) is 42.4. The van der Waals surface area contributed by atoms with Crippen LogP contribution in [0.15, 0.2) is 72.8 Å². The van der Waals surface area contributed by atoms with Gasteiger partial charge in [0.15, 0.2) is 17.6 Å². The Bertz CT molecular complexity index is 1800. The number of aliphatic hydroxyl groups excluding tert-OH is 1. The number of rotatable bonds is 18. The number of benzene rings is 3. The number of carboxylic acid groups (broad SMARTS) is 1. The van der Waals surface area contributed by atoms with Crippen molar-refractivity contribution >= 4 is 41.2 Å². The number of carbonyl (C=O) groups excluding carboxylic acids is 5. The third kappa shape index (κ3) is 12.3. The van der Waals surface area contributed by atoms with Crippen molar-refractivity contribution in [3.05, 3.63) is 89.5 Å². The Morgan fingerprint density at radius 3 is 2.06 bits per heavy atom. The molecule has 0 spiro atoms.